The van der Waals surface area contributed by atoms with Gasteiger partial charge in [0.1, 0.15) is 54.0 Å². The van der Waals surface area contributed by atoms with Crippen molar-refractivity contribution in [3.05, 3.63) is 106 Å². The minimum absolute atomic E-state index is 0.0487. The van der Waals surface area contributed by atoms with Crippen molar-refractivity contribution < 1.29 is 51.7 Å². The van der Waals surface area contributed by atoms with Crippen LogP contribution < -0.4 is 15.4 Å². The molecule has 0 bridgehead atoms. The Labute approximate surface area is 454 Å². The molecular formula is C58H76F3N7O8S. The molecule has 7 rings (SSSR count). The molecule has 0 saturated carbocycles. The van der Waals surface area contributed by atoms with E-state index >= 15 is 13.2 Å². The fourth-order valence-corrected chi connectivity index (χ4v) is 10.9. The monoisotopic (exact) mass is 1090 g/mol. The Hall–Kier alpha value is -6.02. The van der Waals surface area contributed by atoms with Crippen molar-refractivity contribution in [1.82, 2.24) is 35.3 Å². The number of halogens is 3. The second kappa shape index (κ2) is 24.8. The molecule has 0 unspecified atom stereocenters. The van der Waals surface area contributed by atoms with E-state index in [2.05, 4.69) is 20.6 Å². The first-order chi connectivity index (χ1) is 36.3. The maximum atomic E-state index is 16.4. The van der Waals surface area contributed by atoms with Crippen molar-refractivity contribution in [2.75, 3.05) is 46.0 Å². The highest BCUT2D eigenvalue weighted by Gasteiger charge is 2.45. The molecule has 5 aromatic rings. The largest absolute Gasteiger partial charge is 0.492 e. The fourth-order valence-electron chi connectivity index (χ4n) is 10.1. The molecule has 0 radical (unpaired) electrons. The Kier molecular flexibility index (Phi) is 18.9. The summed E-state index contributed by atoms with van der Waals surface area (Å²) in [5.41, 5.74) is 3.64. The number of aromatic nitrogens is 2. The number of aliphatic hydroxyl groups excluding tert-OH is 1. The van der Waals surface area contributed by atoms with E-state index in [1.807, 2.05) is 88.0 Å². The molecule has 0 spiro atoms. The van der Waals surface area contributed by atoms with Crippen LogP contribution in [0.2, 0.25) is 0 Å². The van der Waals surface area contributed by atoms with Crippen LogP contribution in [0, 0.1) is 24.0 Å². The molecule has 15 nitrogen and oxygen atoms in total. The highest BCUT2D eigenvalue weighted by atomic mass is 32.1. The molecule has 2 aromatic heterocycles. The number of alkyl halides is 1. The zero-order valence-corrected chi connectivity index (χ0v) is 46.9. The van der Waals surface area contributed by atoms with Crippen LogP contribution in [0.5, 0.6) is 5.75 Å². The summed E-state index contributed by atoms with van der Waals surface area (Å²) in [6.07, 6.45) is 0.822. The lowest BCUT2D eigenvalue weighted by Crippen LogP contribution is -2.58. The number of H-pyrrole nitrogens is 1. The number of carbonyl (C=O) groups is 4. The van der Waals surface area contributed by atoms with Gasteiger partial charge in [-0.05, 0) is 102 Å². The molecule has 4 heterocycles. The molecule has 418 valence electrons. The Morgan fingerprint density at radius 2 is 1.65 bits per heavy atom. The van der Waals surface area contributed by atoms with Gasteiger partial charge in [-0.3, -0.25) is 19.3 Å². The van der Waals surface area contributed by atoms with Crippen LogP contribution >= 0.6 is 11.3 Å². The van der Waals surface area contributed by atoms with E-state index in [9.17, 15) is 24.3 Å². The van der Waals surface area contributed by atoms with Crippen LogP contribution in [0.3, 0.4) is 0 Å². The SMILES string of the molecule is Cc1ncsc1-c1ccc(CNC(=O)[C@@H]2C[C@@H](O)CN2C(=O)[C@@H](NC(=O)COCCCCCN(CCOc2cc(F)c([C@@H]3c4[nH]c5ccccc5c4C[C@@H](C)N3CC(C)(C)F)c(F)c2)C(=O)OC(C)(C)C)C(C)(C)C)cc1. The molecule has 1 fully saturated rings. The quantitative estimate of drug-likeness (QED) is 0.0518. The molecule has 19 heteroatoms. The summed E-state index contributed by atoms with van der Waals surface area (Å²) in [5, 5.41) is 17.3. The van der Waals surface area contributed by atoms with Gasteiger partial charge in [0.2, 0.25) is 17.7 Å². The number of hydrogen-bond acceptors (Lipinski definition) is 11. The van der Waals surface area contributed by atoms with Crippen molar-refractivity contribution in [2.24, 2.45) is 5.41 Å². The van der Waals surface area contributed by atoms with Crippen LogP contribution in [-0.2, 0) is 36.8 Å². The number of para-hydroxylation sites is 1. The second-order valence-electron chi connectivity index (χ2n) is 23.1. The van der Waals surface area contributed by atoms with Gasteiger partial charge < -0.3 is 44.7 Å². The van der Waals surface area contributed by atoms with E-state index in [-0.39, 0.29) is 76.3 Å². The van der Waals surface area contributed by atoms with Gasteiger partial charge in [0.25, 0.3) is 0 Å². The number of aliphatic hydroxyl groups is 1. The third-order valence-electron chi connectivity index (χ3n) is 13.8. The summed E-state index contributed by atoms with van der Waals surface area (Å²) in [6.45, 7) is 17.7. The van der Waals surface area contributed by atoms with E-state index < -0.39 is 76.4 Å². The number of rotatable bonds is 21. The van der Waals surface area contributed by atoms with Gasteiger partial charge in [-0.1, -0.05) is 63.2 Å². The number of aryl methyl sites for hydroxylation is 1. The van der Waals surface area contributed by atoms with Crippen molar-refractivity contribution in [3.63, 3.8) is 0 Å². The predicted molar refractivity (Wildman–Crippen MR) is 291 cm³/mol. The van der Waals surface area contributed by atoms with Crippen LogP contribution in [0.4, 0.5) is 18.0 Å². The Bertz CT molecular complexity index is 2830. The second-order valence-corrected chi connectivity index (χ2v) is 23.9. The highest BCUT2D eigenvalue weighted by molar-refractivity contribution is 7.13. The highest BCUT2D eigenvalue weighted by Crippen LogP contribution is 2.44. The van der Waals surface area contributed by atoms with E-state index in [4.69, 9.17) is 14.2 Å². The topological polar surface area (TPSA) is 179 Å². The molecule has 3 aromatic carbocycles. The van der Waals surface area contributed by atoms with Crippen LogP contribution in [0.25, 0.3) is 21.3 Å². The third kappa shape index (κ3) is 15.2. The van der Waals surface area contributed by atoms with Gasteiger partial charge in [0.05, 0.1) is 34.8 Å². The number of aromatic amines is 1. The maximum Gasteiger partial charge on any atom is 0.410 e. The molecule has 2 aliphatic heterocycles. The number of carbonyl (C=O) groups excluding carboxylic acids is 4. The van der Waals surface area contributed by atoms with Gasteiger partial charge in [-0.2, -0.15) is 0 Å². The number of nitrogens with one attached hydrogen (secondary N) is 3. The lowest BCUT2D eigenvalue weighted by Gasteiger charge is -2.43. The normalized spacial score (nSPS) is 18.5. The molecule has 77 heavy (non-hydrogen) atoms. The van der Waals surface area contributed by atoms with E-state index in [1.54, 1.807) is 37.6 Å². The number of nitrogens with zero attached hydrogens (tertiary/aromatic N) is 4. The van der Waals surface area contributed by atoms with E-state index in [1.165, 1.54) is 23.6 Å². The van der Waals surface area contributed by atoms with Crippen molar-refractivity contribution in [2.45, 2.75) is 149 Å². The number of benzene rings is 3. The number of unbranched alkanes of at least 4 members (excludes halogenated alkanes) is 2. The van der Waals surface area contributed by atoms with E-state index in [0.29, 0.717) is 31.4 Å². The zero-order chi connectivity index (χ0) is 56.0. The predicted octanol–water partition coefficient (Wildman–Crippen LogP) is 9.57. The zero-order valence-electron chi connectivity index (χ0n) is 46.1. The molecule has 0 aliphatic carbocycles. The summed E-state index contributed by atoms with van der Waals surface area (Å²) >= 11 is 1.56. The first-order valence-corrected chi connectivity index (χ1v) is 27.4. The maximum absolute atomic E-state index is 16.4. The van der Waals surface area contributed by atoms with Gasteiger partial charge in [0.15, 0.2) is 0 Å². The van der Waals surface area contributed by atoms with Gasteiger partial charge in [0, 0.05) is 79.5 Å². The summed E-state index contributed by atoms with van der Waals surface area (Å²) in [6, 6.07) is 14.6. The summed E-state index contributed by atoms with van der Waals surface area (Å²) in [5.74, 6) is -3.15. The standard InChI is InChI=1S/C58H76F3N7O8S/c1-35-26-42-41-16-12-13-17-45(41)64-49(42)50(68(35)33-58(9,10)61)48-43(59)28-40(29-44(48)60)75-25-23-66(55(73)76-57(6,7)8)22-14-11-15-24-74-32-47(70)65-52(56(3,4)5)54(72)67-31-39(69)27-46(67)53(71)62-30-37-18-20-38(21-19-37)51-36(2)63-34-77-51/h12-13,16-21,28-29,34-35,39,46,50,52,64,69H,11,14-15,22-27,30-33H2,1-10H3,(H,62,71)(H,65,70)/t35-,39-,46+,50-,52-/m1/s1. The lowest BCUT2D eigenvalue weighted by molar-refractivity contribution is -0.144. The summed E-state index contributed by atoms with van der Waals surface area (Å²) < 4.78 is 65.3. The first-order valence-electron chi connectivity index (χ1n) is 26.5. The summed E-state index contributed by atoms with van der Waals surface area (Å²) in [7, 11) is 0. The van der Waals surface area contributed by atoms with Crippen molar-refractivity contribution >= 4 is 46.1 Å². The average molecular weight is 1090 g/mol. The molecule has 5 atom stereocenters. The number of hydrogen-bond donors (Lipinski definition) is 4. The fraction of sp³-hybridized carbons (Fsp3) is 0.534. The minimum atomic E-state index is -1.65. The molecule has 4 N–H and O–H groups in total. The smallest absolute Gasteiger partial charge is 0.410 e. The lowest BCUT2D eigenvalue weighted by atomic mass is 9.85. The molecular weight excluding hydrogens is 1010 g/mol. The number of β-amino-alcohol motifs (C(OH)–C–C–N with tert-alkyl or cyclic N) is 1. The Morgan fingerprint density at radius 1 is 0.948 bits per heavy atom. The van der Waals surface area contributed by atoms with Crippen LogP contribution in [-0.4, -0.2) is 135 Å². The van der Waals surface area contributed by atoms with Gasteiger partial charge in [-0.25, -0.2) is 22.9 Å². The molecule has 1 saturated heterocycles. The summed E-state index contributed by atoms with van der Waals surface area (Å²) in [4.78, 5) is 67.6. The number of ether oxygens (including phenoxy) is 3. The number of amides is 4. The number of fused-ring (bicyclic) bond motifs is 3. The Morgan fingerprint density at radius 3 is 2.30 bits per heavy atom. The minimum Gasteiger partial charge on any atom is -0.492 e. The van der Waals surface area contributed by atoms with E-state index in [0.717, 1.165) is 50.3 Å². The Balaban J connectivity index is 0.886. The van der Waals surface area contributed by atoms with Crippen LogP contribution in [0.1, 0.15) is 122 Å². The average Bonchev–Trinajstić information content (AvgIpc) is 4.12. The van der Waals surface area contributed by atoms with Crippen molar-refractivity contribution in [3.8, 4) is 16.2 Å². The number of likely N-dealkylation sites (tertiary alicyclic amines) is 1. The molecule has 4 amide bonds. The van der Waals surface area contributed by atoms with Gasteiger partial charge in [-0.15, -0.1) is 11.3 Å². The number of thiazole rings is 1. The third-order valence-corrected chi connectivity index (χ3v) is 14.8. The van der Waals surface area contributed by atoms with Crippen LogP contribution in [0.15, 0.2) is 66.2 Å². The first kappa shape index (κ1) is 58.7. The molecule has 2 aliphatic rings. The van der Waals surface area contributed by atoms with Crippen molar-refractivity contribution in [1.29, 1.82) is 0 Å². The van der Waals surface area contributed by atoms with Gasteiger partial charge >= 0.3 is 6.09 Å².